The Morgan fingerprint density at radius 3 is 2.11 bits per heavy atom. The molecule has 0 radical (unpaired) electrons. The minimum absolute atomic E-state index is 0. The fraction of sp³-hybridized carbons (Fsp3) is 0.0333. The van der Waals surface area contributed by atoms with E-state index in [1.807, 2.05) is 0 Å². The van der Waals surface area contributed by atoms with Gasteiger partial charge >= 0.3 is 29.6 Å². The van der Waals surface area contributed by atoms with E-state index in [1.54, 1.807) is 60.7 Å². The number of nitrogens with two attached hydrogens (primary N) is 1. The van der Waals surface area contributed by atoms with Crippen molar-refractivity contribution < 1.29 is 60.8 Å². The number of nitrogens with one attached hydrogen (secondary N) is 1. The molecule has 0 aliphatic rings. The zero-order valence-corrected chi connectivity index (χ0v) is 27.6. The van der Waals surface area contributed by atoms with E-state index in [1.165, 1.54) is 37.3 Å². The smallest absolute Gasteiger partial charge is 0.744 e. The van der Waals surface area contributed by atoms with Crippen molar-refractivity contribution in [3.05, 3.63) is 103 Å². The molecule has 0 aliphatic heterocycles. The number of nitrogen functional groups attached to an aromatic ring is 1. The van der Waals surface area contributed by atoms with Gasteiger partial charge in [-0.05, 0) is 72.1 Å². The number of anilines is 4. The van der Waals surface area contributed by atoms with Gasteiger partial charge in [0.25, 0.3) is 10.0 Å². The molecule has 0 saturated heterocycles. The summed E-state index contributed by atoms with van der Waals surface area (Å²) >= 11 is 0. The maximum absolute atomic E-state index is 14.3. The van der Waals surface area contributed by atoms with Crippen LogP contribution in [0.4, 0.5) is 34.1 Å². The minimum Gasteiger partial charge on any atom is -0.744 e. The Morgan fingerprint density at radius 2 is 1.47 bits per heavy atom. The molecule has 5 aromatic rings. The Morgan fingerprint density at radius 1 is 0.844 bits per heavy atom. The van der Waals surface area contributed by atoms with E-state index in [-0.39, 0.29) is 73.9 Å². The molecule has 0 fully saturated rings. The van der Waals surface area contributed by atoms with Crippen molar-refractivity contribution in [2.24, 2.45) is 10.2 Å². The summed E-state index contributed by atoms with van der Waals surface area (Å²) in [5, 5.41) is 21.8. The van der Waals surface area contributed by atoms with Crippen molar-refractivity contribution in [1.29, 1.82) is 0 Å². The molecule has 0 spiro atoms. The number of sulfonamides is 1. The Kier molecular flexibility index (Phi) is 9.97. The van der Waals surface area contributed by atoms with Gasteiger partial charge in [0.15, 0.2) is 0 Å². The molecule has 0 aromatic heterocycles. The SMILES string of the molecule is CC(=O)Nc1ccc(N(c2ccccc2)S(=O)(=O)c2ccccc2N=Nc2c(N)ccc3cc(S(=O)(=O)[O-])cc(O)c23)cc1.[Na+]. The monoisotopic (exact) mass is 653 g/mol. The predicted molar refractivity (Wildman–Crippen MR) is 165 cm³/mol. The topological polar surface area (TPSA) is 195 Å². The summed E-state index contributed by atoms with van der Waals surface area (Å²) in [7, 11) is -9.21. The van der Waals surface area contributed by atoms with E-state index >= 15 is 0 Å². The number of phenolic OH excluding ortho intramolecular Hbond substituents is 1. The number of nitrogens with zero attached hydrogens (tertiary/aromatic N) is 3. The first-order valence-corrected chi connectivity index (χ1v) is 15.7. The molecule has 45 heavy (non-hydrogen) atoms. The van der Waals surface area contributed by atoms with Crippen LogP contribution in [0.2, 0.25) is 0 Å². The van der Waals surface area contributed by atoms with E-state index < -0.39 is 30.8 Å². The van der Waals surface area contributed by atoms with Gasteiger partial charge < -0.3 is 20.7 Å². The van der Waals surface area contributed by atoms with Crippen LogP contribution in [0.3, 0.4) is 0 Å². The average Bonchev–Trinajstić information content (AvgIpc) is 2.97. The summed E-state index contributed by atoms with van der Waals surface area (Å²) in [6.07, 6.45) is 0. The fourth-order valence-corrected chi connectivity index (χ4v) is 6.65. The maximum atomic E-state index is 14.3. The summed E-state index contributed by atoms with van der Waals surface area (Å²) in [5.74, 6) is -0.849. The molecule has 0 unspecified atom stereocenters. The molecule has 15 heteroatoms. The second kappa shape index (κ2) is 13.4. The first-order chi connectivity index (χ1) is 20.9. The summed E-state index contributed by atoms with van der Waals surface area (Å²) in [6.45, 7) is 1.36. The van der Waals surface area contributed by atoms with Gasteiger partial charge in [0.05, 0.1) is 27.3 Å². The first kappa shape index (κ1) is 33.6. The Labute approximate surface area is 281 Å². The average molecular weight is 654 g/mol. The second-order valence-electron chi connectivity index (χ2n) is 9.50. The van der Waals surface area contributed by atoms with Crippen molar-refractivity contribution in [3.63, 3.8) is 0 Å². The van der Waals surface area contributed by atoms with Gasteiger partial charge in [0.1, 0.15) is 32.1 Å². The molecule has 0 heterocycles. The molecule has 0 aliphatic carbocycles. The van der Waals surface area contributed by atoms with Crippen molar-refractivity contribution in [2.75, 3.05) is 15.4 Å². The molecular weight excluding hydrogens is 629 g/mol. The summed E-state index contributed by atoms with van der Waals surface area (Å²) in [6, 6.07) is 25.2. The summed E-state index contributed by atoms with van der Waals surface area (Å²) in [5.41, 5.74) is 7.15. The van der Waals surface area contributed by atoms with Crippen LogP contribution in [0.1, 0.15) is 6.92 Å². The number of hydrogen-bond acceptors (Lipinski definition) is 10. The molecular formula is C30H24N5NaO7S2. The number of para-hydroxylation sites is 1. The van der Waals surface area contributed by atoms with E-state index in [0.717, 1.165) is 16.4 Å². The van der Waals surface area contributed by atoms with Crippen molar-refractivity contribution >= 4 is 70.9 Å². The van der Waals surface area contributed by atoms with Gasteiger partial charge in [-0.3, -0.25) is 4.79 Å². The third kappa shape index (κ3) is 7.17. The normalized spacial score (nSPS) is 11.7. The van der Waals surface area contributed by atoms with Gasteiger partial charge in [-0.1, -0.05) is 36.4 Å². The molecule has 1 amide bonds. The van der Waals surface area contributed by atoms with Gasteiger partial charge in [0, 0.05) is 12.6 Å². The zero-order chi connectivity index (χ0) is 31.6. The standard InChI is InChI=1S/C30H25N5O7S2.Na/c1-19(36)32-21-12-14-23(15-13-21)35(22-7-3-2-4-8-22)43(38,39)28-10-6-5-9-26(28)33-34-30-25(31)16-11-20-17-24(44(40,41)42)18-27(37)29(20)30;/h2-18,37H,31H2,1H3,(H,32,36)(H,40,41,42);/q;+1/p-1. The number of azo groups is 1. The Bertz CT molecular complexity index is 2140. The van der Waals surface area contributed by atoms with Crippen LogP contribution in [-0.4, -0.2) is 32.4 Å². The van der Waals surface area contributed by atoms with Gasteiger partial charge in [-0.2, -0.15) is 0 Å². The molecule has 5 aromatic carbocycles. The van der Waals surface area contributed by atoms with Crippen LogP contribution in [0.15, 0.2) is 123 Å². The number of aromatic hydroxyl groups is 1. The Balaban J connectivity index is 0.00000461. The predicted octanol–water partition coefficient (Wildman–Crippen LogP) is 2.94. The van der Waals surface area contributed by atoms with Crippen LogP contribution in [0.5, 0.6) is 5.75 Å². The fourth-order valence-electron chi connectivity index (χ4n) is 4.50. The number of benzene rings is 5. The van der Waals surface area contributed by atoms with Crippen LogP contribution in [0.25, 0.3) is 10.8 Å². The number of hydrogen-bond donors (Lipinski definition) is 3. The summed E-state index contributed by atoms with van der Waals surface area (Å²) in [4.78, 5) is 10.6. The van der Waals surface area contributed by atoms with Crippen molar-refractivity contribution in [3.8, 4) is 5.75 Å². The van der Waals surface area contributed by atoms with Crippen LogP contribution in [-0.2, 0) is 24.9 Å². The molecule has 4 N–H and O–H groups in total. The molecule has 12 nitrogen and oxygen atoms in total. The number of fused-ring (bicyclic) bond motifs is 1. The molecule has 5 rings (SSSR count). The largest absolute Gasteiger partial charge is 1.00 e. The van der Waals surface area contributed by atoms with Gasteiger partial charge in [-0.25, -0.2) is 21.1 Å². The van der Waals surface area contributed by atoms with Gasteiger partial charge in [0.2, 0.25) is 5.91 Å². The first-order valence-electron chi connectivity index (χ1n) is 12.9. The third-order valence-corrected chi connectivity index (χ3v) is 9.03. The summed E-state index contributed by atoms with van der Waals surface area (Å²) < 4.78 is 64.3. The third-order valence-electron chi connectivity index (χ3n) is 6.42. The maximum Gasteiger partial charge on any atom is 1.00 e. The van der Waals surface area contributed by atoms with E-state index in [2.05, 4.69) is 15.5 Å². The van der Waals surface area contributed by atoms with Crippen molar-refractivity contribution in [2.45, 2.75) is 16.7 Å². The van der Waals surface area contributed by atoms with Gasteiger partial charge in [-0.15, -0.1) is 10.2 Å². The minimum atomic E-state index is -4.86. The van der Waals surface area contributed by atoms with E-state index in [0.29, 0.717) is 11.4 Å². The number of phenols is 1. The van der Waals surface area contributed by atoms with Crippen LogP contribution < -0.4 is 44.9 Å². The molecule has 0 saturated carbocycles. The second-order valence-corrected chi connectivity index (χ2v) is 12.6. The number of amides is 1. The van der Waals surface area contributed by atoms with E-state index in [9.17, 15) is 31.3 Å². The number of rotatable bonds is 8. The quantitative estimate of drug-likeness (QED) is 0.0984. The Hall–Kier alpha value is -4.31. The van der Waals surface area contributed by atoms with E-state index in [4.69, 9.17) is 5.73 Å². The zero-order valence-electron chi connectivity index (χ0n) is 23.9. The number of carbonyl (C=O) groups excluding carboxylic acids is 1. The van der Waals surface area contributed by atoms with Crippen LogP contribution in [0, 0.1) is 0 Å². The van der Waals surface area contributed by atoms with Crippen molar-refractivity contribution in [1.82, 2.24) is 0 Å². The van der Waals surface area contributed by atoms with Crippen LogP contribution >= 0.6 is 0 Å². The molecule has 0 atom stereocenters. The number of carbonyl (C=O) groups is 1. The molecule has 0 bridgehead atoms. The molecule has 224 valence electrons.